The third kappa shape index (κ3) is 4.42. The average molecular weight is 417 g/mol. The molecule has 156 valence electrons. The number of amides is 2. The smallest absolute Gasteiger partial charge is 0.261 e. The molecule has 0 spiro atoms. The Kier molecular flexibility index (Phi) is 6.52. The molecule has 29 heavy (non-hydrogen) atoms. The van der Waals surface area contributed by atoms with Gasteiger partial charge in [0.05, 0.1) is 10.9 Å². The lowest BCUT2D eigenvalue weighted by molar-refractivity contribution is -0.128. The Balaban J connectivity index is 1.87. The molecule has 3 N–H and O–H groups in total. The van der Waals surface area contributed by atoms with E-state index in [0.717, 1.165) is 32.1 Å². The van der Waals surface area contributed by atoms with Gasteiger partial charge in [0.1, 0.15) is 5.54 Å². The van der Waals surface area contributed by atoms with Crippen LogP contribution in [0.2, 0.25) is 0 Å². The van der Waals surface area contributed by atoms with E-state index in [1.54, 1.807) is 25.2 Å². The van der Waals surface area contributed by atoms with Crippen molar-refractivity contribution in [2.24, 2.45) is 7.05 Å². The van der Waals surface area contributed by atoms with Crippen LogP contribution in [-0.2, 0) is 11.8 Å². The monoisotopic (exact) mass is 416 g/mol. The van der Waals surface area contributed by atoms with Crippen molar-refractivity contribution in [2.45, 2.75) is 57.4 Å². The lowest BCUT2D eigenvalue weighted by Crippen LogP contribution is -2.59. The number of H-pyrrole nitrogens is 1. The molecule has 8 heteroatoms. The van der Waals surface area contributed by atoms with Crippen LogP contribution in [0.3, 0.4) is 0 Å². The fourth-order valence-electron chi connectivity index (χ4n) is 3.85. The summed E-state index contributed by atoms with van der Waals surface area (Å²) in [4.78, 5) is 41.2. The van der Waals surface area contributed by atoms with E-state index in [1.165, 1.54) is 4.57 Å². The van der Waals surface area contributed by atoms with E-state index >= 15 is 0 Å². The minimum absolute atomic E-state index is 0.104. The summed E-state index contributed by atoms with van der Waals surface area (Å²) in [6.07, 6.45) is 6.05. The molecule has 0 radical (unpaired) electrons. The van der Waals surface area contributed by atoms with Crippen molar-refractivity contribution in [1.29, 1.82) is 0 Å². The minimum Gasteiger partial charge on any atom is -0.354 e. The van der Waals surface area contributed by atoms with E-state index in [2.05, 4.69) is 22.5 Å². The van der Waals surface area contributed by atoms with E-state index < -0.39 is 5.54 Å². The molecule has 1 aliphatic carbocycles. The Morgan fingerprint density at radius 1 is 1.24 bits per heavy atom. The maximum Gasteiger partial charge on any atom is 0.261 e. The van der Waals surface area contributed by atoms with Gasteiger partial charge in [-0.3, -0.25) is 19.0 Å². The predicted molar refractivity (Wildman–Crippen MR) is 116 cm³/mol. The third-order valence-corrected chi connectivity index (χ3v) is 6.05. The van der Waals surface area contributed by atoms with E-state index in [0.29, 0.717) is 40.6 Å². The number of nitrogens with zero attached hydrogens (tertiary/aromatic N) is 1. The van der Waals surface area contributed by atoms with Crippen LogP contribution in [-0.4, -0.2) is 33.4 Å². The highest BCUT2D eigenvalue weighted by atomic mass is 32.1. The highest BCUT2D eigenvalue weighted by Gasteiger charge is 2.40. The molecule has 7 nitrogen and oxygen atoms in total. The van der Waals surface area contributed by atoms with E-state index in [4.69, 9.17) is 12.2 Å². The average Bonchev–Trinajstić information content (AvgIpc) is 2.72. The van der Waals surface area contributed by atoms with Crippen molar-refractivity contribution in [3.63, 3.8) is 0 Å². The maximum absolute atomic E-state index is 13.0. The Labute approximate surface area is 174 Å². The van der Waals surface area contributed by atoms with Gasteiger partial charge in [0.15, 0.2) is 4.77 Å². The fourth-order valence-corrected chi connectivity index (χ4v) is 4.04. The van der Waals surface area contributed by atoms with Crippen LogP contribution in [0.15, 0.2) is 23.0 Å². The summed E-state index contributed by atoms with van der Waals surface area (Å²) in [5, 5.41) is 6.45. The topological polar surface area (TPSA) is 96.0 Å². The van der Waals surface area contributed by atoms with Crippen LogP contribution in [0.4, 0.5) is 0 Å². The van der Waals surface area contributed by atoms with Crippen LogP contribution in [0.5, 0.6) is 0 Å². The third-order valence-electron chi connectivity index (χ3n) is 5.67. The highest BCUT2D eigenvalue weighted by molar-refractivity contribution is 7.71. The van der Waals surface area contributed by atoms with Crippen LogP contribution in [0.25, 0.3) is 10.9 Å². The lowest BCUT2D eigenvalue weighted by atomic mass is 9.80. The summed E-state index contributed by atoms with van der Waals surface area (Å²) < 4.78 is 1.65. The molecule has 1 aromatic heterocycles. The molecule has 0 aliphatic heterocycles. The van der Waals surface area contributed by atoms with E-state index in [1.807, 2.05) is 0 Å². The Bertz CT molecular complexity index is 1030. The SMILES string of the molecule is CCCCNC(=O)C1(NC(=O)c2ccc3c(=O)n(C)c(=S)[nH]c3c2)CCCCC1. The number of hydrogen-bond donors (Lipinski definition) is 3. The summed E-state index contributed by atoms with van der Waals surface area (Å²) in [5.74, 6) is -0.424. The van der Waals surface area contributed by atoms with Gasteiger partial charge in [0.2, 0.25) is 5.91 Å². The number of aromatic amines is 1. The summed E-state index contributed by atoms with van der Waals surface area (Å²) in [6, 6.07) is 4.85. The number of benzene rings is 1. The Morgan fingerprint density at radius 2 is 1.97 bits per heavy atom. The first-order valence-electron chi connectivity index (χ1n) is 10.2. The molecule has 0 bridgehead atoms. The molecule has 1 aliphatic rings. The zero-order valence-corrected chi connectivity index (χ0v) is 17.8. The number of hydrogen-bond acceptors (Lipinski definition) is 4. The van der Waals surface area contributed by atoms with Crippen molar-refractivity contribution in [3.05, 3.63) is 38.9 Å². The first-order valence-corrected chi connectivity index (χ1v) is 10.6. The quantitative estimate of drug-likeness (QED) is 0.498. The summed E-state index contributed by atoms with van der Waals surface area (Å²) in [7, 11) is 1.60. The first-order chi connectivity index (χ1) is 13.9. The van der Waals surface area contributed by atoms with E-state index in [9.17, 15) is 14.4 Å². The van der Waals surface area contributed by atoms with Gasteiger partial charge >= 0.3 is 0 Å². The highest BCUT2D eigenvalue weighted by Crippen LogP contribution is 2.29. The van der Waals surface area contributed by atoms with Gasteiger partial charge in [-0.1, -0.05) is 32.6 Å². The number of unbranched alkanes of at least 4 members (excludes halogenated alkanes) is 1. The van der Waals surface area contributed by atoms with Crippen molar-refractivity contribution in [3.8, 4) is 0 Å². The van der Waals surface area contributed by atoms with Crippen LogP contribution >= 0.6 is 12.2 Å². The second kappa shape index (κ2) is 8.90. The summed E-state index contributed by atoms with van der Waals surface area (Å²) in [5.41, 5.74) is -0.189. The number of carbonyl (C=O) groups excluding carboxylic acids is 2. The second-order valence-corrected chi connectivity index (χ2v) is 8.15. The zero-order valence-electron chi connectivity index (χ0n) is 17.0. The van der Waals surface area contributed by atoms with Crippen LogP contribution in [0.1, 0.15) is 62.2 Å². The molecule has 0 atom stereocenters. The lowest BCUT2D eigenvalue weighted by Gasteiger charge is -2.36. The van der Waals surface area contributed by atoms with Gasteiger partial charge in [-0.15, -0.1) is 0 Å². The minimum atomic E-state index is -0.877. The van der Waals surface area contributed by atoms with Gasteiger partial charge in [0, 0.05) is 19.2 Å². The van der Waals surface area contributed by atoms with Gasteiger partial charge in [-0.25, -0.2) is 0 Å². The molecule has 3 rings (SSSR count). The normalized spacial score (nSPS) is 15.8. The van der Waals surface area contributed by atoms with Crippen molar-refractivity contribution in [2.75, 3.05) is 6.54 Å². The maximum atomic E-state index is 13.0. The molecule has 1 aromatic carbocycles. The van der Waals surface area contributed by atoms with Crippen molar-refractivity contribution >= 4 is 34.9 Å². The number of carbonyl (C=O) groups is 2. The number of fused-ring (bicyclic) bond motifs is 1. The fraction of sp³-hybridized carbons (Fsp3) is 0.524. The Morgan fingerprint density at radius 3 is 2.66 bits per heavy atom. The standard InChI is InChI=1S/C21H28N4O3S/c1-3-4-12-22-19(28)21(10-6-5-7-11-21)24-17(26)14-8-9-15-16(13-14)23-20(29)25(2)18(15)27/h8-9,13H,3-7,10-12H2,1-2H3,(H,22,28)(H,23,29)(H,24,26). The number of nitrogens with one attached hydrogen (secondary N) is 3. The zero-order chi connectivity index (χ0) is 21.0. The molecule has 2 amide bonds. The van der Waals surface area contributed by atoms with Gasteiger partial charge < -0.3 is 15.6 Å². The van der Waals surface area contributed by atoms with Crippen LogP contribution < -0.4 is 16.2 Å². The van der Waals surface area contributed by atoms with Crippen LogP contribution in [0, 0.1) is 4.77 Å². The summed E-state index contributed by atoms with van der Waals surface area (Å²) in [6.45, 7) is 2.69. The molecule has 0 saturated heterocycles. The molecule has 0 unspecified atom stereocenters. The Hall–Kier alpha value is -2.48. The first kappa shape index (κ1) is 21.2. The van der Waals surface area contributed by atoms with Gasteiger partial charge in [0.25, 0.3) is 11.5 Å². The van der Waals surface area contributed by atoms with Gasteiger partial charge in [-0.05, 0) is 49.7 Å². The molecule has 1 fully saturated rings. The molecule has 1 heterocycles. The largest absolute Gasteiger partial charge is 0.354 e. The molecule has 2 aromatic rings. The molecule has 1 saturated carbocycles. The van der Waals surface area contributed by atoms with Crippen molar-refractivity contribution < 1.29 is 9.59 Å². The number of aromatic nitrogens is 2. The predicted octanol–water partition coefficient (Wildman–Crippen LogP) is 2.95. The summed E-state index contributed by atoms with van der Waals surface area (Å²) >= 11 is 5.16. The molecular formula is C21H28N4O3S. The van der Waals surface area contributed by atoms with Crippen molar-refractivity contribution in [1.82, 2.24) is 20.2 Å². The van der Waals surface area contributed by atoms with Gasteiger partial charge in [-0.2, -0.15) is 0 Å². The second-order valence-electron chi connectivity index (χ2n) is 7.76. The van der Waals surface area contributed by atoms with E-state index in [-0.39, 0.29) is 17.4 Å². The molecular weight excluding hydrogens is 388 g/mol. The number of rotatable bonds is 6.